The fraction of sp³-hybridized carbons (Fsp3) is 0.917. The van der Waals surface area contributed by atoms with E-state index in [4.69, 9.17) is 10.3 Å². The van der Waals surface area contributed by atoms with Crippen molar-refractivity contribution in [3.8, 4) is 0 Å². The molecule has 18 heavy (non-hydrogen) atoms. The van der Waals surface area contributed by atoms with Gasteiger partial charge in [0.15, 0.2) is 0 Å². The van der Waals surface area contributed by atoms with Gasteiger partial charge in [0.25, 0.3) is 0 Å². The van der Waals surface area contributed by atoms with E-state index in [-0.39, 0.29) is 5.97 Å². The van der Waals surface area contributed by atoms with E-state index in [1.54, 1.807) is 0 Å². The normalized spacial score (nSPS) is 31.5. The summed E-state index contributed by atoms with van der Waals surface area (Å²) in [5, 5.41) is 6.72. The molecule has 6 nitrogen and oxygen atoms in total. The van der Waals surface area contributed by atoms with E-state index in [0.717, 1.165) is 19.3 Å². The van der Waals surface area contributed by atoms with Crippen molar-refractivity contribution >= 4 is 5.97 Å². The zero-order chi connectivity index (χ0) is 13.6. The van der Waals surface area contributed by atoms with E-state index in [1.165, 1.54) is 7.11 Å². The molecule has 1 aliphatic rings. The molecule has 1 rings (SSSR count). The van der Waals surface area contributed by atoms with Gasteiger partial charge in [0, 0.05) is 18.0 Å². The molecule has 1 saturated carbocycles. The Morgan fingerprint density at radius 3 is 2.61 bits per heavy atom. The molecule has 0 aliphatic heterocycles. The summed E-state index contributed by atoms with van der Waals surface area (Å²) in [6, 6.07) is 0. The molecule has 0 radical (unpaired) electrons. The first-order chi connectivity index (χ1) is 8.54. The van der Waals surface area contributed by atoms with E-state index in [9.17, 15) is 4.79 Å². The van der Waals surface area contributed by atoms with Gasteiger partial charge in [-0.1, -0.05) is 19.0 Å². The van der Waals surface area contributed by atoms with Gasteiger partial charge in [-0.15, -0.1) is 0 Å². The number of nitrogens with one attached hydrogen (secondary N) is 1. The van der Waals surface area contributed by atoms with Crippen molar-refractivity contribution in [3.05, 3.63) is 10.4 Å². The summed E-state index contributed by atoms with van der Waals surface area (Å²) in [7, 11) is 1.42. The number of methoxy groups -OCH3 is 1. The second-order valence-electron chi connectivity index (χ2n) is 5.31. The number of nitrogens with zero attached hydrogens (tertiary/aromatic N) is 3. The standard InChI is InChI=1S/C12H22N4O2/c1-9-6-10(2)8-12(7-9,11(17)18-3)14-4-5-15-16-13/h9-10,14H,4-8H2,1-3H3. The molecule has 0 bridgehead atoms. The molecule has 1 N–H and O–H groups in total. The molecule has 0 aromatic rings. The summed E-state index contributed by atoms with van der Waals surface area (Å²) in [5.41, 5.74) is 7.63. The van der Waals surface area contributed by atoms with Crippen LogP contribution in [0.25, 0.3) is 10.4 Å². The molecule has 6 heteroatoms. The predicted octanol–water partition coefficient (Wildman–Crippen LogP) is 2.25. The minimum Gasteiger partial charge on any atom is -0.468 e. The van der Waals surface area contributed by atoms with Crippen LogP contribution in [0.2, 0.25) is 0 Å². The number of esters is 1. The topological polar surface area (TPSA) is 87.1 Å². The number of rotatable bonds is 5. The Morgan fingerprint density at radius 2 is 2.11 bits per heavy atom. The van der Waals surface area contributed by atoms with Gasteiger partial charge in [-0.2, -0.15) is 0 Å². The number of azide groups is 1. The van der Waals surface area contributed by atoms with Crippen LogP contribution in [0.3, 0.4) is 0 Å². The summed E-state index contributed by atoms with van der Waals surface area (Å²) >= 11 is 0. The van der Waals surface area contributed by atoms with Crippen molar-refractivity contribution in [2.75, 3.05) is 20.2 Å². The largest absolute Gasteiger partial charge is 0.468 e. The fourth-order valence-electron chi connectivity index (χ4n) is 3.10. The SMILES string of the molecule is COC(=O)C1(NCCN=[N+]=[N-])CC(C)CC(C)C1. The Kier molecular flexibility index (Phi) is 5.44. The second-order valence-corrected chi connectivity index (χ2v) is 5.31. The predicted molar refractivity (Wildman–Crippen MR) is 68.9 cm³/mol. The van der Waals surface area contributed by atoms with Gasteiger partial charge < -0.3 is 10.1 Å². The maximum atomic E-state index is 12.1. The molecule has 0 aromatic carbocycles. The summed E-state index contributed by atoms with van der Waals surface area (Å²) in [4.78, 5) is 14.8. The highest BCUT2D eigenvalue weighted by Gasteiger charge is 2.44. The van der Waals surface area contributed by atoms with Gasteiger partial charge in [-0.25, -0.2) is 0 Å². The molecule has 1 aliphatic carbocycles. The quantitative estimate of drug-likeness (QED) is 0.268. The van der Waals surface area contributed by atoms with Crippen LogP contribution in [0.15, 0.2) is 5.11 Å². The number of hydrogen-bond donors (Lipinski definition) is 1. The van der Waals surface area contributed by atoms with Gasteiger partial charge in [0.05, 0.1) is 7.11 Å². The molecule has 102 valence electrons. The monoisotopic (exact) mass is 254 g/mol. The average molecular weight is 254 g/mol. The number of ether oxygens (including phenoxy) is 1. The maximum absolute atomic E-state index is 12.1. The van der Waals surface area contributed by atoms with E-state index in [0.29, 0.717) is 24.9 Å². The van der Waals surface area contributed by atoms with Crippen LogP contribution in [-0.2, 0) is 9.53 Å². The Labute approximate surface area is 108 Å². The second kappa shape index (κ2) is 6.61. The summed E-state index contributed by atoms with van der Waals surface area (Å²) in [6.45, 7) is 5.15. The van der Waals surface area contributed by atoms with Gasteiger partial charge in [-0.3, -0.25) is 4.79 Å². The lowest BCUT2D eigenvalue weighted by Gasteiger charge is -2.41. The minimum atomic E-state index is -0.614. The Bertz CT molecular complexity index is 329. The molecule has 0 heterocycles. The van der Waals surface area contributed by atoms with E-state index >= 15 is 0 Å². The van der Waals surface area contributed by atoms with Crippen molar-refractivity contribution in [2.45, 2.75) is 38.6 Å². The fourth-order valence-corrected chi connectivity index (χ4v) is 3.10. The summed E-state index contributed by atoms with van der Waals surface area (Å²) < 4.78 is 4.94. The highest BCUT2D eigenvalue weighted by molar-refractivity contribution is 5.81. The minimum absolute atomic E-state index is 0.207. The first-order valence-electron chi connectivity index (χ1n) is 6.38. The molecule has 2 unspecified atom stereocenters. The van der Waals surface area contributed by atoms with E-state index in [2.05, 4.69) is 29.2 Å². The van der Waals surface area contributed by atoms with Crippen LogP contribution in [0, 0.1) is 11.8 Å². The number of hydrogen-bond acceptors (Lipinski definition) is 4. The highest BCUT2D eigenvalue weighted by atomic mass is 16.5. The van der Waals surface area contributed by atoms with E-state index < -0.39 is 5.54 Å². The van der Waals surface area contributed by atoms with Crippen LogP contribution in [0.1, 0.15) is 33.1 Å². The lowest BCUT2D eigenvalue weighted by atomic mass is 9.71. The molecular weight excluding hydrogens is 232 g/mol. The third kappa shape index (κ3) is 3.62. The van der Waals surface area contributed by atoms with Crippen molar-refractivity contribution in [2.24, 2.45) is 17.0 Å². The lowest BCUT2D eigenvalue weighted by molar-refractivity contribution is -0.151. The molecular formula is C12H22N4O2. The van der Waals surface area contributed by atoms with Crippen LogP contribution in [0.5, 0.6) is 0 Å². The van der Waals surface area contributed by atoms with Gasteiger partial charge >= 0.3 is 5.97 Å². The molecule has 0 aromatic heterocycles. The third-order valence-corrected chi connectivity index (χ3v) is 3.51. The average Bonchev–Trinajstić information content (AvgIpc) is 2.32. The lowest BCUT2D eigenvalue weighted by Crippen LogP contribution is -2.57. The van der Waals surface area contributed by atoms with Crippen LogP contribution in [0.4, 0.5) is 0 Å². The smallest absolute Gasteiger partial charge is 0.326 e. The Hall–Kier alpha value is -1.26. The Morgan fingerprint density at radius 1 is 1.50 bits per heavy atom. The number of carbonyl (C=O) groups is 1. The molecule has 0 saturated heterocycles. The first kappa shape index (κ1) is 14.8. The van der Waals surface area contributed by atoms with Crippen molar-refractivity contribution in [1.82, 2.24) is 5.32 Å². The summed E-state index contributed by atoms with van der Waals surface area (Å²) in [6.07, 6.45) is 2.69. The van der Waals surface area contributed by atoms with Crippen LogP contribution in [-0.4, -0.2) is 31.7 Å². The van der Waals surface area contributed by atoms with Gasteiger partial charge in [-0.05, 0) is 36.6 Å². The highest BCUT2D eigenvalue weighted by Crippen LogP contribution is 2.36. The van der Waals surface area contributed by atoms with Gasteiger partial charge in [0.2, 0.25) is 0 Å². The molecule has 2 atom stereocenters. The Balaban J connectivity index is 2.74. The molecule has 0 amide bonds. The van der Waals surface area contributed by atoms with Gasteiger partial charge in [0.1, 0.15) is 5.54 Å². The maximum Gasteiger partial charge on any atom is 0.326 e. The molecule has 1 fully saturated rings. The van der Waals surface area contributed by atoms with Crippen molar-refractivity contribution < 1.29 is 9.53 Å². The van der Waals surface area contributed by atoms with E-state index in [1.807, 2.05) is 0 Å². The van der Waals surface area contributed by atoms with Crippen LogP contribution >= 0.6 is 0 Å². The van der Waals surface area contributed by atoms with Crippen LogP contribution < -0.4 is 5.32 Å². The van der Waals surface area contributed by atoms with Crippen molar-refractivity contribution in [3.63, 3.8) is 0 Å². The number of carbonyl (C=O) groups excluding carboxylic acids is 1. The zero-order valence-corrected chi connectivity index (χ0v) is 11.3. The molecule has 0 spiro atoms. The van der Waals surface area contributed by atoms with Crippen molar-refractivity contribution in [1.29, 1.82) is 0 Å². The first-order valence-corrected chi connectivity index (χ1v) is 6.38. The summed E-state index contributed by atoms with van der Waals surface area (Å²) in [5.74, 6) is 0.765. The zero-order valence-electron chi connectivity index (χ0n) is 11.3. The third-order valence-electron chi connectivity index (χ3n) is 3.51.